The summed E-state index contributed by atoms with van der Waals surface area (Å²) in [5, 5.41) is 33.0. The van der Waals surface area contributed by atoms with Crippen LogP contribution in [0.2, 0.25) is 0 Å². The number of amides is 4. The molecule has 1 saturated heterocycles. The highest BCUT2D eigenvalue weighted by atomic mass is 32.2. The van der Waals surface area contributed by atoms with Crippen LogP contribution in [0.15, 0.2) is 4.99 Å². The van der Waals surface area contributed by atoms with Gasteiger partial charge in [-0.1, -0.05) is 110 Å². The summed E-state index contributed by atoms with van der Waals surface area (Å²) in [7, 11) is 0. The number of aliphatic imine (C=N–C) groups is 1. The number of carbonyl (C=O) groups is 7. The molecule has 1 aliphatic rings. The van der Waals surface area contributed by atoms with Crippen LogP contribution >= 0.6 is 11.8 Å². The lowest BCUT2D eigenvalue weighted by Crippen LogP contribution is -2.59. The van der Waals surface area contributed by atoms with Crippen molar-refractivity contribution < 1.29 is 43.8 Å². The van der Waals surface area contributed by atoms with Crippen LogP contribution in [0.1, 0.15) is 175 Å². The van der Waals surface area contributed by atoms with E-state index < -0.39 is 83.9 Å². The Labute approximate surface area is 381 Å². The average molecular weight is 913 g/mol. The minimum absolute atomic E-state index is 0.0321. The van der Waals surface area contributed by atoms with Crippen LogP contribution in [-0.2, 0) is 33.6 Å². The zero-order valence-corrected chi connectivity index (χ0v) is 39.9. The van der Waals surface area contributed by atoms with Gasteiger partial charge in [-0.15, -0.1) is 0 Å². The number of rotatable bonds is 18. The standard InChI is InChI=1S/C35H62N8O9S.C10H22/c1-22-30(48)31(49)24(18-21-53-3)40-32(50)25(14-13-20-39-35(36)37)41-33(51)26(16-17-28(46)47)42-34(52)29(23(2)44)43-27(45)15-11-9-7-5-4-6-8-10-12-19-38-22;1-3-5-7-9-10-8-6-4-2/h22-26,29,38,44H,4-21H2,1-3H3,(H,40,50)(H,41,51)(H,42,52)(H,43,45)(H,46,47)(H4,36,37,39);3-10H2,1-2H3/t22?,23-,24?,25+,26?,29+;/m1./s1. The van der Waals surface area contributed by atoms with Crippen molar-refractivity contribution in [3.63, 3.8) is 0 Å². The zero-order chi connectivity index (χ0) is 47.4. The van der Waals surface area contributed by atoms with E-state index in [2.05, 4.69) is 45.4 Å². The number of Topliss-reactive ketones (excluding diaryl/α,β-unsaturated/α-hetero) is 2. The maximum Gasteiger partial charge on any atom is 0.303 e. The van der Waals surface area contributed by atoms with Gasteiger partial charge in [0, 0.05) is 19.4 Å². The molecule has 0 bridgehead atoms. The highest BCUT2D eigenvalue weighted by molar-refractivity contribution is 7.98. The molecule has 0 saturated carbocycles. The maximum atomic E-state index is 13.7. The Morgan fingerprint density at radius 2 is 1.21 bits per heavy atom. The third kappa shape index (κ3) is 30.1. The number of carbonyl (C=O) groups excluding carboxylic acids is 6. The molecule has 3 unspecified atom stereocenters. The Kier molecular flexibility index (Phi) is 35.3. The number of aliphatic hydroxyl groups excluding tert-OH is 1. The van der Waals surface area contributed by atoms with Gasteiger partial charge in [0.15, 0.2) is 5.96 Å². The van der Waals surface area contributed by atoms with Crippen molar-refractivity contribution in [3.05, 3.63) is 0 Å². The third-order valence-electron chi connectivity index (χ3n) is 10.8. The maximum absolute atomic E-state index is 13.7. The lowest BCUT2D eigenvalue weighted by Gasteiger charge is -2.27. The summed E-state index contributed by atoms with van der Waals surface area (Å²) < 4.78 is 0. The van der Waals surface area contributed by atoms with E-state index in [1.54, 1.807) is 6.92 Å². The van der Waals surface area contributed by atoms with Crippen LogP contribution in [0.3, 0.4) is 0 Å². The van der Waals surface area contributed by atoms with Gasteiger partial charge in [0.2, 0.25) is 35.2 Å². The number of hydrogen-bond acceptors (Lipinski definition) is 11. The molecule has 17 nitrogen and oxygen atoms in total. The van der Waals surface area contributed by atoms with Crippen molar-refractivity contribution in [3.8, 4) is 0 Å². The third-order valence-corrected chi connectivity index (χ3v) is 11.5. The van der Waals surface area contributed by atoms with E-state index in [9.17, 15) is 43.8 Å². The van der Waals surface area contributed by atoms with Gasteiger partial charge in [0.1, 0.15) is 18.1 Å². The lowest BCUT2D eigenvalue weighted by molar-refractivity contribution is -0.140. The number of aliphatic hydroxyl groups is 1. The quantitative estimate of drug-likeness (QED) is 0.0405. The van der Waals surface area contributed by atoms with Gasteiger partial charge in [-0.25, -0.2) is 0 Å². The molecule has 4 amide bonds. The highest BCUT2D eigenvalue weighted by Gasteiger charge is 2.34. The van der Waals surface area contributed by atoms with Gasteiger partial charge in [-0.05, 0) is 70.9 Å². The van der Waals surface area contributed by atoms with Crippen molar-refractivity contribution in [1.82, 2.24) is 26.6 Å². The predicted molar refractivity (Wildman–Crippen MR) is 251 cm³/mol. The first-order chi connectivity index (χ1) is 30.1. The number of carboxylic acid groups (broad SMARTS) is 1. The number of nitrogens with zero attached hydrogens (tertiary/aromatic N) is 1. The fourth-order valence-electron chi connectivity index (χ4n) is 6.92. The van der Waals surface area contributed by atoms with E-state index in [-0.39, 0.29) is 44.6 Å². The topological polar surface area (TPSA) is 284 Å². The molecule has 18 heteroatoms. The van der Waals surface area contributed by atoms with E-state index in [1.165, 1.54) is 70.1 Å². The molecule has 11 N–H and O–H groups in total. The van der Waals surface area contributed by atoms with Crippen molar-refractivity contribution in [2.75, 3.05) is 25.1 Å². The molecular weight excluding hydrogens is 829 g/mol. The monoisotopic (exact) mass is 913 g/mol. The van der Waals surface area contributed by atoms with Crippen LogP contribution in [0.4, 0.5) is 0 Å². The van der Waals surface area contributed by atoms with Crippen LogP contribution in [0.25, 0.3) is 0 Å². The summed E-state index contributed by atoms with van der Waals surface area (Å²) in [5.74, 6) is -5.55. The van der Waals surface area contributed by atoms with Crippen molar-refractivity contribution in [2.24, 2.45) is 16.5 Å². The number of unbranched alkanes of at least 4 members (excludes halogenated alkanes) is 7. The number of carboxylic acids is 1. The van der Waals surface area contributed by atoms with Crippen LogP contribution in [0, 0.1) is 0 Å². The average Bonchev–Trinajstić information content (AvgIpc) is 3.24. The fourth-order valence-corrected chi connectivity index (χ4v) is 7.39. The highest BCUT2D eigenvalue weighted by Crippen LogP contribution is 2.13. The Morgan fingerprint density at radius 1 is 0.698 bits per heavy atom. The number of hydrogen-bond donors (Lipinski definition) is 9. The lowest BCUT2D eigenvalue weighted by atomic mass is 10.0. The Balaban J connectivity index is 0.00000339. The number of aliphatic carboxylic acids is 1. The molecular formula is C45H84N8O9S. The van der Waals surface area contributed by atoms with Gasteiger partial charge < -0.3 is 48.3 Å². The van der Waals surface area contributed by atoms with Crippen LogP contribution < -0.4 is 38.1 Å². The van der Waals surface area contributed by atoms with Crippen molar-refractivity contribution >= 4 is 58.9 Å². The summed E-state index contributed by atoms with van der Waals surface area (Å²) in [6.45, 7) is 8.08. The second-order valence-corrected chi connectivity index (χ2v) is 17.6. The van der Waals surface area contributed by atoms with Gasteiger partial charge in [0.05, 0.1) is 18.2 Å². The van der Waals surface area contributed by atoms with E-state index in [0.29, 0.717) is 18.7 Å². The van der Waals surface area contributed by atoms with E-state index in [4.69, 9.17) is 11.5 Å². The summed E-state index contributed by atoms with van der Waals surface area (Å²) >= 11 is 1.42. The fraction of sp³-hybridized carbons (Fsp3) is 0.822. The van der Waals surface area contributed by atoms with Gasteiger partial charge >= 0.3 is 5.97 Å². The summed E-state index contributed by atoms with van der Waals surface area (Å²) in [6.07, 6.45) is 19.7. The normalized spacial score (nSPS) is 22.8. The molecule has 0 aromatic carbocycles. The molecule has 1 rings (SSSR count). The van der Waals surface area contributed by atoms with Crippen molar-refractivity contribution in [2.45, 2.75) is 212 Å². The molecule has 6 atom stereocenters. The molecule has 0 aliphatic carbocycles. The van der Waals surface area contributed by atoms with Crippen LogP contribution in [0.5, 0.6) is 0 Å². The minimum atomic E-state index is -1.49. The largest absolute Gasteiger partial charge is 0.481 e. The number of nitrogens with two attached hydrogens (primary N) is 2. The SMILES string of the molecule is CCCCCCCCCC.CSCCC1NC(=O)[C@H](CCCN=C(N)N)NC(=O)C(CCC(=O)O)NC(=O)[C@H]([C@@H](C)O)NC(=O)CCCCCCCCCCCNC(C)C(=O)C1=O. The number of nitrogens with one attached hydrogen (secondary N) is 5. The second-order valence-electron chi connectivity index (χ2n) is 16.6. The summed E-state index contributed by atoms with van der Waals surface area (Å²) in [6, 6.07) is -6.22. The molecule has 0 aromatic rings. The van der Waals surface area contributed by atoms with Gasteiger partial charge in [-0.2, -0.15) is 11.8 Å². The Bertz CT molecular complexity index is 1360. The predicted octanol–water partition coefficient (Wildman–Crippen LogP) is 4.16. The molecule has 0 spiro atoms. The first-order valence-corrected chi connectivity index (χ1v) is 24.9. The Morgan fingerprint density at radius 3 is 1.73 bits per heavy atom. The second kappa shape index (κ2) is 37.6. The van der Waals surface area contributed by atoms with Crippen LogP contribution in [-0.4, -0.2) is 119 Å². The Hall–Kier alpha value is -3.77. The minimum Gasteiger partial charge on any atom is -0.481 e. The number of thioether (sulfide) groups is 1. The zero-order valence-electron chi connectivity index (χ0n) is 39.1. The number of guanidine groups is 1. The first-order valence-electron chi connectivity index (χ1n) is 23.5. The molecule has 1 heterocycles. The van der Waals surface area contributed by atoms with E-state index >= 15 is 0 Å². The summed E-state index contributed by atoms with van der Waals surface area (Å²) in [4.78, 5) is 95.5. The smallest absolute Gasteiger partial charge is 0.303 e. The van der Waals surface area contributed by atoms with Gasteiger partial charge in [0.25, 0.3) is 0 Å². The molecule has 1 aliphatic heterocycles. The molecule has 0 radical (unpaired) electrons. The molecule has 1 fully saturated rings. The molecule has 364 valence electrons. The van der Waals surface area contributed by atoms with E-state index in [1.807, 2.05) is 6.26 Å². The molecule has 0 aromatic heterocycles. The summed E-state index contributed by atoms with van der Waals surface area (Å²) in [5.41, 5.74) is 10.8. The van der Waals surface area contributed by atoms with Crippen molar-refractivity contribution in [1.29, 1.82) is 0 Å². The van der Waals surface area contributed by atoms with E-state index in [0.717, 1.165) is 51.4 Å². The number of ketones is 2. The molecule has 63 heavy (non-hydrogen) atoms. The van der Waals surface area contributed by atoms with Gasteiger partial charge in [-0.3, -0.25) is 38.6 Å². The first kappa shape index (κ1) is 59.2.